The number of aromatic amines is 1. The number of rotatable bonds is 4. The molecule has 0 aliphatic carbocycles. The number of nitrogens with one attached hydrogen (secondary N) is 2. The molecule has 0 fully saturated rings. The maximum absolute atomic E-state index is 12.0. The van der Waals surface area contributed by atoms with Gasteiger partial charge in [-0.05, 0) is 19.4 Å². The molecule has 0 bridgehead atoms. The average Bonchev–Trinajstić information content (AvgIpc) is 2.72. The smallest absolute Gasteiger partial charge is 0.181 e. The van der Waals surface area contributed by atoms with Gasteiger partial charge in [0.05, 0.1) is 12.1 Å². The molecule has 0 unspecified atom stereocenters. The van der Waals surface area contributed by atoms with E-state index >= 15 is 0 Å². The molecule has 2 rings (SSSR count). The van der Waals surface area contributed by atoms with E-state index in [1.165, 1.54) is 0 Å². The summed E-state index contributed by atoms with van der Waals surface area (Å²) in [6.45, 7) is 3.95. The molecule has 2 N–H and O–H groups in total. The molecule has 4 nitrogen and oxygen atoms in total. The summed E-state index contributed by atoms with van der Waals surface area (Å²) in [5.74, 6) is 0.608. The summed E-state index contributed by atoms with van der Waals surface area (Å²) in [5, 5.41) is 12.1. The van der Waals surface area contributed by atoms with Crippen LogP contribution in [0, 0.1) is 25.2 Å². The lowest BCUT2D eigenvalue weighted by molar-refractivity contribution is 0.101. The zero-order valence-corrected chi connectivity index (χ0v) is 10.9. The lowest BCUT2D eigenvalue weighted by atomic mass is 10.1. The van der Waals surface area contributed by atoms with E-state index in [1.54, 1.807) is 12.1 Å². The van der Waals surface area contributed by atoms with E-state index < -0.39 is 0 Å². The largest absolute Gasteiger partial charge is 0.363 e. The van der Waals surface area contributed by atoms with E-state index in [4.69, 9.17) is 5.26 Å². The number of nitriles is 1. The molecule has 0 saturated carbocycles. The van der Waals surface area contributed by atoms with E-state index in [2.05, 4.69) is 16.4 Å². The van der Waals surface area contributed by atoms with Crippen LogP contribution in [0.2, 0.25) is 0 Å². The predicted octanol–water partition coefficient (Wildman–Crippen LogP) is 2.80. The van der Waals surface area contributed by atoms with Gasteiger partial charge in [0.2, 0.25) is 0 Å². The number of carbonyl (C=O) groups excluding carboxylic acids is 1. The zero-order valence-electron chi connectivity index (χ0n) is 10.9. The van der Waals surface area contributed by atoms with Crippen molar-refractivity contribution in [2.75, 3.05) is 11.9 Å². The summed E-state index contributed by atoms with van der Waals surface area (Å²) in [6.07, 6.45) is 0. The van der Waals surface area contributed by atoms with Gasteiger partial charge >= 0.3 is 0 Å². The van der Waals surface area contributed by atoms with Gasteiger partial charge in [0, 0.05) is 11.3 Å². The summed E-state index contributed by atoms with van der Waals surface area (Å²) in [4.78, 5) is 15.0. The monoisotopic (exact) mass is 253 g/mol. The number of Topliss-reactive ketones (excluding diaryl/α,β-unsaturated/α-hetero) is 1. The summed E-state index contributed by atoms with van der Waals surface area (Å²) in [6, 6.07) is 11.2. The Morgan fingerprint density at radius 1 is 1.32 bits per heavy atom. The molecular formula is C15H15N3O. The van der Waals surface area contributed by atoms with Crippen molar-refractivity contribution in [3.8, 4) is 6.07 Å². The highest BCUT2D eigenvalue weighted by atomic mass is 16.1. The van der Waals surface area contributed by atoms with Gasteiger partial charge in [-0.25, -0.2) is 0 Å². The van der Waals surface area contributed by atoms with Crippen molar-refractivity contribution in [1.29, 1.82) is 5.26 Å². The van der Waals surface area contributed by atoms with Crippen molar-refractivity contribution in [2.24, 2.45) is 0 Å². The van der Waals surface area contributed by atoms with Gasteiger partial charge in [0.15, 0.2) is 5.78 Å². The Labute approximate surface area is 112 Å². The Morgan fingerprint density at radius 2 is 2.00 bits per heavy atom. The van der Waals surface area contributed by atoms with Crippen molar-refractivity contribution in [3.63, 3.8) is 0 Å². The Balaban J connectivity index is 2.10. The number of ketones is 1. The predicted molar refractivity (Wildman–Crippen MR) is 74.2 cm³/mol. The van der Waals surface area contributed by atoms with E-state index in [-0.39, 0.29) is 12.3 Å². The molecule has 0 aliphatic rings. The number of nitrogens with zero attached hydrogens (tertiary/aromatic N) is 1. The van der Waals surface area contributed by atoms with Crippen molar-refractivity contribution in [2.45, 2.75) is 13.8 Å². The van der Waals surface area contributed by atoms with Crippen molar-refractivity contribution in [3.05, 3.63) is 52.7 Å². The number of hydrogen-bond donors (Lipinski definition) is 2. The highest BCUT2D eigenvalue weighted by Crippen LogP contribution is 2.20. The highest BCUT2D eigenvalue weighted by molar-refractivity contribution is 5.98. The summed E-state index contributed by atoms with van der Waals surface area (Å²) < 4.78 is 0. The number of aryl methyl sites for hydroxylation is 1. The maximum Gasteiger partial charge on any atom is 0.181 e. The van der Waals surface area contributed by atoms with Crippen LogP contribution in [-0.2, 0) is 0 Å². The fraction of sp³-hybridized carbons (Fsp3) is 0.200. The third kappa shape index (κ3) is 2.66. The molecule has 19 heavy (non-hydrogen) atoms. The normalized spacial score (nSPS) is 9.95. The topological polar surface area (TPSA) is 68.7 Å². The molecule has 0 atom stereocenters. The first kappa shape index (κ1) is 12.9. The van der Waals surface area contributed by atoms with Crippen LogP contribution in [0.5, 0.6) is 0 Å². The molecule has 0 radical (unpaired) electrons. The van der Waals surface area contributed by atoms with Crippen LogP contribution >= 0.6 is 0 Å². The Bertz CT molecular complexity index is 635. The number of anilines is 1. The number of benzene rings is 1. The van der Waals surface area contributed by atoms with E-state index in [1.807, 2.05) is 32.0 Å². The van der Waals surface area contributed by atoms with Crippen molar-refractivity contribution >= 4 is 11.6 Å². The minimum Gasteiger partial charge on any atom is -0.363 e. The lowest BCUT2D eigenvalue weighted by Crippen LogP contribution is -2.14. The molecule has 0 spiro atoms. The maximum atomic E-state index is 12.0. The molecule has 4 heteroatoms. The van der Waals surface area contributed by atoms with Crippen LogP contribution < -0.4 is 5.32 Å². The minimum absolute atomic E-state index is 0.00519. The quantitative estimate of drug-likeness (QED) is 0.823. The number of hydrogen-bond acceptors (Lipinski definition) is 3. The molecule has 1 aromatic heterocycles. The van der Waals surface area contributed by atoms with Crippen LogP contribution in [0.15, 0.2) is 30.3 Å². The second-order valence-electron chi connectivity index (χ2n) is 4.38. The van der Waals surface area contributed by atoms with Gasteiger partial charge in [-0.1, -0.05) is 30.3 Å². The lowest BCUT2D eigenvalue weighted by Gasteiger charge is -2.04. The first-order valence-electron chi connectivity index (χ1n) is 6.05. The van der Waals surface area contributed by atoms with Crippen LogP contribution in [0.3, 0.4) is 0 Å². The molecule has 0 aliphatic heterocycles. The first-order valence-corrected chi connectivity index (χ1v) is 6.05. The standard InChI is InChI=1S/C15H15N3O/c1-10-11(2)18-15(13(10)8-16)17-9-14(19)12-6-4-3-5-7-12/h3-7,17-18H,9H2,1-2H3. The van der Waals surface area contributed by atoms with Crippen molar-refractivity contribution < 1.29 is 4.79 Å². The average molecular weight is 253 g/mol. The summed E-state index contributed by atoms with van der Waals surface area (Å²) in [5.41, 5.74) is 3.08. The zero-order chi connectivity index (χ0) is 13.8. The van der Waals surface area contributed by atoms with Gasteiger partial charge in [0.25, 0.3) is 0 Å². The van der Waals surface area contributed by atoms with E-state index in [0.29, 0.717) is 16.9 Å². The van der Waals surface area contributed by atoms with Crippen LogP contribution in [0.25, 0.3) is 0 Å². The van der Waals surface area contributed by atoms with Gasteiger partial charge in [-0.15, -0.1) is 0 Å². The number of aromatic nitrogens is 1. The second kappa shape index (κ2) is 5.40. The Kier molecular flexibility index (Phi) is 3.67. The fourth-order valence-electron chi connectivity index (χ4n) is 1.89. The van der Waals surface area contributed by atoms with Crippen molar-refractivity contribution in [1.82, 2.24) is 4.98 Å². The van der Waals surface area contributed by atoms with Gasteiger partial charge in [-0.2, -0.15) is 5.26 Å². The third-order valence-electron chi connectivity index (χ3n) is 3.13. The minimum atomic E-state index is -0.00519. The highest BCUT2D eigenvalue weighted by Gasteiger charge is 2.12. The molecule has 0 saturated heterocycles. The molecule has 96 valence electrons. The Morgan fingerprint density at radius 3 is 2.63 bits per heavy atom. The number of carbonyl (C=O) groups is 1. The SMILES string of the molecule is Cc1[nH]c(NCC(=O)c2ccccc2)c(C#N)c1C. The third-order valence-corrected chi connectivity index (χ3v) is 3.13. The van der Waals surface area contributed by atoms with Gasteiger partial charge < -0.3 is 10.3 Å². The van der Waals surface area contributed by atoms with Gasteiger partial charge in [-0.3, -0.25) is 4.79 Å². The van der Waals surface area contributed by atoms with Gasteiger partial charge in [0.1, 0.15) is 11.9 Å². The Hall–Kier alpha value is -2.54. The van der Waals surface area contributed by atoms with Crippen LogP contribution in [-0.4, -0.2) is 17.3 Å². The second-order valence-corrected chi connectivity index (χ2v) is 4.38. The molecular weight excluding hydrogens is 238 g/mol. The van der Waals surface area contributed by atoms with Crippen LogP contribution in [0.1, 0.15) is 27.2 Å². The first-order chi connectivity index (χ1) is 9.13. The van der Waals surface area contributed by atoms with E-state index in [0.717, 1.165) is 11.3 Å². The summed E-state index contributed by atoms with van der Waals surface area (Å²) >= 11 is 0. The number of H-pyrrole nitrogens is 1. The fourth-order valence-corrected chi connectivity index (χ4v) is 1.89. The molecule has 1 heterocycles. The van der Waals surface area contributed by atoms with E-state index in [9.17, 15) is 4.79 Å². The summed E-state index contributed by atoms with van der Waals surface area (Å²) in [7, 11) is 0. The molecule has 0 amide bonds. The van der Waals surface area contributed by atoms with Crippen LogP contribution in [0.4, 0.5) is 5.82 Å². The molecule has 2 aromatic rings. The molecule has 1 aromatic carbocycles.